The first kappa shape index (κ1) is 14.8. The summed E-state index contributed by atoms with van der Waals surface area (Å²) in [7, 11) is 1.64. The number of hydrogen-bond acceptors (Lipinski definition) is 2. The Balaban J connectivity index is 1.99. The zero-order valence-electron chi connectivity index (χ0n) is 11.2. The lowest BCUT2D eigenvalue weighted by Gasteiger charge is -2.12. The molecule has 2 rings (SSSR count). The summed E-state index contributed by atoms with van der Waals surface area (Å²) in [5.74, 6) is 0.818. The molecule has 0 fully saturated rings. The maximum atomic E-state index is 5.29. The molecular formula is C15H15BrN2OS. The first-order valence-corrected chi connectivity index (χ1v) is 7.27. The Bertz CT molecular complexity index is 614. The van der Waals surface area contributed by atoms with Crippen molar-refractivity contribution in [2.24, 2.45) is 0 Å². The summed E-state index contributed by atoms with van der Waals surface area (Å²) < 4.78 is 6.19. The number of methoxy groups -OCH3 is 1. The summed E-state index contributed by atoms with van der Waals surface area (Å²) in [5.41, 5.74) is 3.02. The predicted molar refractivity (Wildman–Crippen MR) is 91.7 cm³/mol. The predicted octanol–water partition coefficient (Wildman–Crippen LogP) is 4.58. The van der Waals surface area contributed by atoms with Crippen molar-refractivity contribution in [2.75, 3.05) is 17.7 Å². The van der Waals surface area contributed by atoms with Gasteiger partial charge in [0.05, 0.1) is 7.11 Å². The molecule has 0 radical (unpaired) electrons. The number of benzene rings is 2. The van der Waals surface area contributed by atoms with Crippen LogP contribution in [0, 0.1) is 6.92 Å². The van der Waals surface area contributed by atoms with Gasteiger partial charge in [-0.3, -0.25) is 0 Å². The fourth-order valence-corrected chi connectivity index (χ4v) is 2.17. The van der Waals surface area contributed by atoms with Crippen molar-refractivity contribution in [3.8, 4) is 5.75 Å². The van der Waals surface area contributed by atoms with Crippen LogP contribution in [0.1, 0.15) is 5.56 Å². The van der Waals surface area contributed by atoms with Gasteiger partial charge in [-0.05, 0) is 67.2 Å². The van der Waals surface area contributed by atoms with E-state index in [0.29, 0.717) is 5.11 Å². The average molecular weight is 351 g/mol. The Hall–Kier alpha value is -1.59. The second kappa shape index (κ2) is 6.72. The summed E-state index contributed by atoms with van der Waals surface area (Å²) in [4.78, 5) is 0. The van der Waals surface area contributed by atoms with E-state index in [1.807, 2.05) is 49.4 Å². The Kier molecular flexibility index (Phi) is 4.98. The average Bonchev–Trinajstić information content (AvgIpc) is 2.44. The molecule has 104 valence electrons. The maximum absolute atomic E-state index is 5.29. The molecule has 3 nitrogen and oxygen atoms in total. The van der Waals surface area contributed by atoms with E-state index in [1.165, 1.54) is 0 Å². The lowest BCUT2D eigenvalue weighted by molar-refractivity contribution is 0.415. The number of ether oxygens (including phenoxy) is 1. The third kappa shape index (κ3) is 3.95. The molecule has 0 spiro atoms. The Morgan fingerprint density at radius 2 is 1.65 bits per heavy atom. The Morgan fingerprint density at radius 3 is 2.25 bits per heavy atom. The standard InChI is InChI=1S/C15H15BrN2OS/c1-10-9-12(5-8-14(10)16)18-15(20)17-11-3-6-13(19-2)7-4-11/h3-9H,1-2H3,(H2,17,18,20). The lowest BCUT2D eigenvalue weighted by Crippen LogP contribution is -2.19. The molecule has 2 N–H and O–H groups in total. The molecule has 0 bridgehead atoms. The minimum Gasteiger partial charge on any atom is -0.497 e. The molecule has 0 heterocycles. The van der Waals surface area contributed by atoms with Crippen LogP contribution in [0.4, 0.5) is 11.4 Å². The van der Waals surface area contributed by atoms with Gasteiger partial charge in [0.2, 0.25) is 0 Å². The van der Waals surface area contributed by atoms with Gasteiger partial charge in [-0.25, -0.2) is 0 Å². The molecule has 0 saturated carbocycles. The molecule has 0 atom stereocenters. The minimum atomic E-state index is 0.553. The molecule has 20 heavy (non-hydrogen) atoms. The van der Waals surface area contributed by atoms with Crippen LogP contribution in [-0.4, -0.2) is 12.2 Å². The van der Waals surface area contributed by atoms with Crippen LogP contribution in [0.2, 0.25) is 0 Å². The SMILES string of the molecule is COc1ccc(NC(=S)Nc2ccc(Br)c(C)c2)cc1. The smallest absolute Gasteiger partial charge is 0.175 e. The largest absolute Gasteiger partial charge is 0.497 e. The molecule has 0 aliphatic carbocycles. The van der Waals surface area contributed by atoms with Crippen LogP contribution >= 0.6 is 28.1 Å². The second-order valence-electron chi connectivity index (χ2n) is 4.27. The van der Waals surface area contributed by atoms with Gasteiger partial charge in [-0.2, -0.15) is 0 Å². The first-order chi connectivity index (χ1) is 9.58. The van der Waals surface area contributed by atoms with Crippen molar-refractivity contribution in [1.29, 1.82) is 0 Å². The number of anilines is 2. The van der Waals surface area contributed by atoms with Gasteiger partial charge in [-0.1, -0.05) is 15.9 Å². The van der Waals surface area contributed by atoms with E-state index in [-0.39, 0.29) is 0 Å². The number of aryl methyl sites for hydroxylation is 1. The van der Waals surface area contributed by atoms with E-state index in [9.17, 15) is 0 Å². The monoisotopic (exact) mass is 350 g/mol. The van der Waals surface area contributed by atoms with Crippen molar-refractivity contribution >= 4 is 44.6 Å². The van der Waals surface area contributed by atoms with E-state index >= 15 is 0 Å². The molecular weight excluding hydrogens is 336 g/mol. The molecule has 0 unspecified atom stereocenters. The molecule has 5 heteroatoms. The Labute approximate surface area is 132 Å². The van der Waals surface area contributed by atoms with Crippen molar-refractivity contribution < 1.29 is 4.74 Å². The van der Waals surface area contributed by atoms with Gasteiger partial charge < -0.3 is 15.4 Å². The first-order valence-electron chi connectivity index (χ1n) is 6.06. The topological polar surface area (TPSA) is 33.3 Å². The van der Waals surface area contributed by atoms with E-state index in [4.69, 9.17) is 17.0 Å². The van der Waals surface area contributed by atoms with Crippen molar-refractivity contribution in [3.05, 3.63) is 52.5 Å². The number of hydrogen-bond donors (Lipinski definition) is 2. The van der Waals surface area contributed by atoms with Gasteiger partial charge in [0, 0.05) is 15.8 Å². The lowest BCUT2D eigenvalue weighted by atomic mass is 10.2. The molecule has 0 saturated heterocycles. The summed E-state index contributed by atoms with van der Waals surface area (Å²) in [6.07, 6.45) is 0. The van der Waals surface area contributed by atoms with Crippen LogP contribution in [0.25, 0.3) is 0 Å². The quantitative estimate of drug-likeness (QED) is 0.794. The third-order valence-corrected chi connectivity index (χ3v) is 3.86. The van der Waals surface area contributed by atoms with E-state index in [1.54, 1.807) is 7.11 Å². The van der Waals surface area contributed by atoms with Crippen LogP contribution in [0.15, 0.2) is 46.9 Å². The highest BCUT2D eigenvalue weighted by atomic mass is 79.9. The molecule has 0 amide bonds. The number of nitrogens with one attached hydrogen (secondary N) is 2. The highest BCUT2D eigenvalue weighted by Crippen LogP contribution is 2.20. The molecule has 2 aromatic rings. The summed E-state index contributed by atoms with van der Waals surface area (Å²) in [6.45, 7) is 2.04. The van der Waals surface area contributed by atoms with E-state index < -0.39 is 0 Å². The molecule has 2 aromatic carbocycles. The highest BCUT2D eigenvalue weighted by molar-refractivity contribution is 9.10. The van der Waals surface area contributed by atoms with Gasteiger partial charge in [0.25, 0.3) is 0 Å². The fraction of sp³-hybridized carbons (Fsp3) is 0.133. The van der Waals surface area contributed by atoms with Crippen LogP contribution in [-0.2, 0) is 0 Å². The third-order valence-electron chi connectivity index (χ3n) is 2.76. The minimum absolute atomic E-state index is 0.553. The van der Waals surface area contributed by atoms with Crippen molar-refractivity contribution in [3.63, 3.8) is 0 Å². The van der Waals surface area contributed by atoms with Gasteiger partial charge >= 0.3 is 0 Å². The Morgan fingerprint density at radius 1 is 1.05 bits per heavy atom. The number of halogens is 1. The van der Waals surface area contributed by atoms with Crippen LogP contribution in [0.3, 0.4) is 0 Å². The molecule has 0 aliphatic rings. The number of thiocarbonyl (C=S) groups is 1. The van der Waals surface area contributed by atoms with Crippen molar-refractivity contribution in [2.45, 2.75) is 6.92 Å². The van der Waals surface area contributed by atoms with E-state index in [0.717, 1.165) is 27.2 Å². The van der Waals surface area contributed by atoms with Gasteiger partial charge in [0.15, 0.2) is 5.11 Å². The normalized spacial score (nSPS) is 9.95. The maximum Gasteiger partial charge on any atom is 0.175 e. The summed E-state index contributed by atoms with van der Waals surface area (Å²) >= 11 is 8.77. The van der Waals surface area contributed by atoms with Gasteiger partial charge in [0.1, 0.15) is 5.75 Å². The van der Waals surface area contributed by atoms with Gasteiger partial charge in [-0.15, -0.1) is 0 Å². The molecule has 0 aliphatic heterocycles. The second-order valence-corrected chi connectivity index (χ2v) is 5.53. The zero-order valence-corrected chi connectivity index (χ0v) is 13.6. The fourth-order valence-electron chi connectivity index (χ4n) is 1.69. The number of rotatable bonds is 3. The summed E-state index contributed by atoms with van der Waals surface area (Å²) in [6, 6.07) is 13.6. The van der Waals surface area contributed by atoms with Crippen LogP contribution in [0.5, 0.6) is 5.75 Å². The van der Waals surface area contributed by atoms with E-state index in [2.05, 4.69) is 26.6 Å². The zero-order chi connectivity index (χ0) is 14.5. The summed E-state index contributed by atoms with van der Waals surface area (Å²) in [5, 5.41) is 6.84. The molecule has 0 aromatic heterocycles. The van der Waals surface area contributed by atoms with Crippen LogP contribution < -0.4 is 15.4 Å². The van der Waals surface area contributed by atoms with Crippen molar-refractivity contribution in [1.82, 2.24) is 0 Å². The highest BCUT2D eigenvalue weighted by Gasteiger charge is 2.01.